The maximum atomic E-state index is 12.3. The molecule has 18 heavy (non-hydrogen) atoms. The van der Waals surface area contributed by atoms with Gasteiger partial charge in [0.2, 0.25) is 10.0 Å². The van der Waals surface area contributed by atoms with E-state index in [1.807, 2.05) is 33.8 Å². The van der Waals surface area contributed by atoms with Gasteiger partial charge in [0.05, 0.1) is 4.90 Å². The van der Waals surface area contributed by atoms with Gasteiger partial charge in [0.15, 0.2) is 0 Å². The van der Waals surface area contributed by atoms with Crippen LogP contribution in [-0.4, -0.2) is 19.3 Å². The highest BCUT2D eigenvalue weighted by Gasteiger charge is 2.25. The number of rotatable bonds is 5. The Labute approximate surface area is 118 Å². The molecule has 1 rings (SSSR count). The lowest BCUT2D eigenvalue weighted by atomic mass is 10.0. The van der Waals surface area contributed by atoms with Crippen molar-refractivity contribution in [2.45, 2.75) is 44.6 Å². The van der Waals surface area contributed by atoms with Gasteiger partial charge in [0.25, 0.3) is 0 Å². The number of halogens is 1. The summed E-state index contributed by atoms with van der Waals surface area (Å²) in [5.41, 5.74) is 1.62. The minimum absolute atomic E-state index is 0.327. The van der Waals surface area contributed by atoms with E-state index in [2.05, 4.69) is 20.7 Å². The Kier molecular flexibility index (Phi) is 4.98. The van der Waals surface area contributed by atoms with E-state index in [4.69, 9.17) is 0 Å². The van der Waals surface area contributed by atoms with Crippen molar-refractivity contribution >= 4 is 26.0 Å². The van der Waals surface area contributed by atoms with Crippen LogP contribution in [0.1, 0.15) is 31.4 Å². The lowest BCUT2D eigenvalue weighted by Crippen LogP contribution is -2.43. The summed E-state index contributed by atoms with van der Waals surface area (Å²) in [4.78, 5) is 0.327. The van der Waals surface area contributed by atoms with Gasteiger partial charge in [-0.05, 0) is 57.4 Å². The van der Waals surface area contributed by atoms with Gasteiger partial charge in [-0.3, -0.25) is 0 Å². The van der Waals surface area contributed by atoms with Crippen LogP contribution in [0.3, 0.4) is 0 Å². The number of hydrogen-bond donors (Lipinski definition) is 1. The Hall–Kier alpha value is -0.390. The molecule has 0 unspecified atom stereocenters. The topological polar surface area (TPSA) is 46.2 Å². The average Bonchev–Trinajstić information content (AvgIpc) is 2.20. The molecule has 0 saturated heterocycles. The van der Waals surface area contributed by atoms with Crippen molar-refractivity contribution in [2.24, 2.45) is 0 Å². The third-order valence-electron chi connectivity index (χ3n) is 2.92. The molecule has 0 aliphatic heterocycles. The molecule has 0 aromatic heterocycles. The highest BCUT2D eigenvalue weighted by atomic mass is 79.9. The second kappa shape index (κ2) is 5.72. The number of hydrogen-bond acceptors (Lipinski definition) is 2. The van der Waals surface area contributed by atoms with Gasteiger partial charge in [-0.15, -0.1) is 0 Å². The van der Waals surface area contributed by atoms with E-state index in [0.29, 0.717) is 4.90 Å². The van der Waals surface area contributed by atoms with E-state index in [9.17, 15) is 8.42 Å². The second-order valence-corrected chi connectivity index (χ2v) is 7.65. The summed E-state index contributed by atoms with van der Waals surface area (Å²) in [5, 5.41) is 0.759. The molecule has 0 aliphatic rings. The van der Waals surface area contributed by atoms with Crippen molar-refractivity contribution < 1.29 is 8.42 Å². The van der Waals surface area contributed by atoms with Crippen LogP contribution >= 0.6 is 15.9 Å². The van der Waals surface area contributed by atoms with Crippen LogP contribution in [0, 0.1) is 13.8 Å². The zero-order valence-corrected chi connectivity index (χ0v) is 13.7. The molecule has 0 aliphatic carbocycles. The fourth-order valence-corrected chi connectivity index (χ4v) is 4.11. The van der Waals surface area contributed by atoms with Crippen molar-refractivity contribution in [3.8, 4) is 0 Å². The molecular formula is C13H20BrNO2S. The maximum absolute atomic E-state index is 12.3. The summed E-state index contributed by atoms with van der Waals surface area (Å²) in [6.45, 7) is 7.64. The van der Waals surface area contributed by atoms with Crippen LogP contribution in [0.2, 0.25) is 0 Å². The number of benzene rings is 1. The number of alkyl halides is 1. The Bertz CT molecular complexity index is 524. The Morgan fingerprint density at radius 3 is 2.33 bits per heavy atom. The molecule has 1 N–H and O–H groups in total. The largest absolute Gasteiger partial charge is 0.241 e. The van der Waals surface area contributed by atoms with Crippen molar-refractivity contribution in [3.05, 3.63) is 29.3 Å². The van der Waals surface area contributed by atoms with Crippen molar-refractivity contribution in [2.75, 3.05) is 5.33 Å². The predicted octanol–water partition coefficient (Wildman–Crippen LogP) is 3.15. The number of nitrogens with one attached hydrogen (secondary N) is 1. The summed E-state index contributed by atoms with van der Waals surface area (Å²) in [5.74, 6) is 0. The van der Waals surface area contributed by atoms with Crippen molar-refractivity contribution in [3.63, 3.8) is 0 Å². The molecule has 1 aromatic carbocycles. The first-order chi connectivity index (χ1) is 8.18. The van der Waals surface area contributed by atoms with Gasteiger partial charge < -0.3 is 0 Å². The normalized spacial score (nSPS) is 12.7. The molecule has 0 fully saturated rings. The fraction of sp³-hybridized carbons (Fsp3) is 0.538. The lowest BCUT2D eigenvalue weighted by molar-refractivity contribution is 0.443. The second-order valence-electron chi connectivity index (χ2n) is 5.17. The zero-order valence-electron chi connectivity index (χ0n) is 11.2. The molecule has 0 amide bonds. The van der Waals surface area contributed by atoms with E-state index >= 15 is 0 Å². The molecule has 0 heterocycles. The molecule has 5 heteroatoms. The standard InChI is InChI=1S/C13H20BrNO2S/c1-10-5-6-12(9-11(10)2)18(16,17)15-13(3,4)7-8-14/h5-6,9,15H,7-8H2,1-4H3. The third-order valence-corrected chi connectivity index (χ3v) is 5.01. The van der Waals surface area contributed by atoms with Crippen LogP contribution in [0.5, 0.6) is 0 Å². The molecule has 0 radical (unpaired) electrons. The summed E-state index contributed by atoms with van der Waals surface area (Å²) in [7, 11) is -3.45. The highest BCUT2D eigenvalue weighted by Crippen LogP contribution is 2.18. The molecular weight excluding hydrogens is 314 g/mol. The van der Waals surface area contributed by atoms with E-state index in [0.717, 1.165) is 22.9 Å². The lowest BCUT2D eigenvalue weighted by Gasteiger charge is -2.25. The molecule has 0 saturated carbocycles. The number of sulfonamides is 1. The minimum atomic E-state index is -3.45. The quantitative estimate of drug-likeness (QED) is 0.841. The van der Waals surface area contributed by atoms with Gasteiger partial charge >= 0.3 is 0 Å². The smallest absolute Gasteiger partial charge is 0.207 e. The average molecular weight is 334 g/mol. The van der Waals surface area contributed by atoms with Gasteiger partial charge in [0.1, 0.15) is 0 Å². The van der Waals surface area contributed by atoms with Crippen LogP contribution in [-0.2, 0) is 10.0 Å². The number of aryl methyl sites for hydroxylation is 2. The van der Waals surface area contributed by atoms with Crippen LogP contribution in [0.25, 0.3) is 0 Å². The summed E-state index contributed by atoms with van der Waals surface area (Å²) >= 11 is 3.34. The third kappa shape index (κ3) is 4.07. The van der Waals surface area contributed by atoms with Gasteiger partial charge in [0, 0.05) is 10.9 Å². The molecule has 0 spiro atoms. The minimum Gasteiger partial charge on any atom is -0.207 e. The maximum Gasteiger partial charge on any atom is 0.241 e. The molecule has 3 nitrogen and oxygen atoms in total. The van der Waals surface area contributed by atoms with Crippen molar-refractivity contribution in [1.82, 2.24) is 4.72 Å². The van der Waals surface area contributed by atoms with Gasteiger partial charge in [-0.25, -0.2) is 13.1 Å². The zero-order chi connectivity index (χ0) is 14.0. The molecule has 1 aromatic rings. The van der Waals surface area contributed by atoms with Crippen LogP contribution < -0.4 is 4.72 Å². The first-order valence-electron chi connectivity index (χ1n) is 5.85. The fourth-order valence-electron chi connectivity index (χ4n) is 1.59. The van der Waals surface area contributed by atoms with E-state index in [1.165, 1.54) is 0 Å². The first kappa shape index (κ1) is 15.7. The van der Waals surface area contributed by atoms with E-state index in [1.54, 1.807) is 12.1 Å². The Morgan fingerprint density at radius 1 is 1.22 bits per heavy atom. The van der Waals surface area contributed by atoms with Gasteiger partial charge in [-0.1, -0.05) is 22.0 Å². The summed E-state index contributed by atoms with van der Waals surface area (Å²) < 4.78 is 27.3. The SMILES string of the molecule is Cc1ccc(S(=O)(=O)NC(C)(C)CCBr)cc1C. The summed E-state index contributed by atoms with van der Waals surface area (Å²) in [6.07, 6.45) is 0.733. The molecule has 0 bridgehead atoms. The van der Waals surface area contributed by atoms with E-state index < -0.39 is 15.6 Å². The molecule has 102 valence electrons. The predicted molar refractivity (Wildman–Crippen MR) is 78.7 cm³/mol. The first-order valence-corrected chi connectivity index (χ1v) is 8.46. The van der Waals surface area contributed by atoms with E-state index in [-0.39, 0.29) is 0 Å². The van der Waals surface area contributed by atoms with Crippen LogP contribution in [0.15, 0.2) is 23.1 Å². The Balaban J connectivity index is 3.03. The Morgan fingerprint density at radius 2 is 1.83 bits per heavy atom. The summed E-state index contributed by atoms with van der Waals surface area (Å²) in [6, 6.07) is 5.19. The van der Waals surface area contributed by atoms with Gasteiger partial charge in [-0.2, -0.15) is 0 Å². The highest BCUT2D eigenvalue weighted by molar-refractivity contribution is 9.09. The van der Waals surface area contributed by atoms with Crippen LogP contribution in [0.4, 0.5) is 0 Å². The monoisotopic (exact) mass is 333 g/mol. The van der Waals surface area contributed by atoms with Crippen molar-refractivity contribution in [1.29, 1.82) is 0 Å². The molecule has 0 atom stereocenters.